The van der Waals surface area contributed by atoms with Crippen LogP contribution in [0.25, 0.3) is 0 Å². The number of fused-ring (bicyclic) bond motifs is 1. The van der Waals surface area contributed by atoms with Crippen LogP contribution in [-0.2, 0) is 6.42 Å². The van der Waals surface area contributed by atoms with Crippen LogP contribution in [0.5, 0.6) is 0 Å². The summed E-state index contributed by atoms with van der Waals surface area (Å²) >= 11 is 0. The molecule has 1 amide bonds. The first kappa shape index (κ1) is 20.6. The molecule has 1 aromatic rings. The van der Waals surface area contributed by atoms with Crippen molar-refractivity contribution in [3.63, 3.8) is 0 Å². The Hall–Kier alpha value is -1.10. The van der Waals surface area contributed by atoms with E-state index in [0.29, 0.717) is 0 Å². The molecule has 1 saturated heterocycles. The Morgan fingerprint density at radius 2 is 1.63 bits per heavy atom. The van der Waals surface area contributed by atoms with Gasteiger partial charge in [-0.15, -0.1) is 12.4 Å². The number of hydrogen-bond acceptors (Lipinski definition) is 3. The summed E-state index contributed by atoms with van der Waals surface area (Å²) in [6, 6.07) is 8.95. The Labute approximate surface area is 170 Å². The average Bonchev–Trinajstić information content (AvgIpc) is 2.71. The van der Waals surface area contributed by atoms with Gasteiger partial charge >= 0.3 is 0 Å². The predicted molar refractivity (Wildman–Crippen MR) is 113 cm³/mol. The summed E-state index contributed by atoms with van der Waals surface area (Å²) in [6.45, 7) is 7.78. The van der Waals surface area contributed by atoms with Crippen LogP contribution >= 0.6 is 12.4 Å². The van der Waals surface area contributed by atoms with Crippen LogP contribution in [0.4, 0.5) is 0 Å². The number of carbonyl (C=O) groups is 1. The fourth-order valence-electron chi connectivity index (χ4n) is 4.97. The summed E-state index contributed by atoms with van der Waals surface area (Å²) < 4.78 is 0. The van der Waals surface area contributed by atoms with Gasteiger partial charge in [0.15, 0.2) is 0 Å². The van der Waals surface area contributed by atoms with E-state index >= 15 is 0 Å². The summed E-state index contributed by atoms with van der Waals surface area (Å²) in [7, 11) is 0. The highest BCUT2D eigenvalue weighted by Crippen LogP contribution is 2.23. The molecule has 0 spiro atoms. The van der Waals surface area contributed by atoms with Crippen LogP contribution < -0.4 is 0 Å². The fraction of sp³-hybridized carbons (Fsp3) is 0.682. The van der Waals surface area contributed by atoms with Gasteiger partial charge in [-0.1, -0.05) is 37.5 Å². The zero-order valence-corrected chi connectivity index (χ0v) is 17.3. The first-order chi connectivity index (χ1) is 12.8. The second-order valence-electron chi connectivity index (χ2n) is 8.22. The third-order valence-electron chi connectivity index (χ3n) is 6.59. The molecule has 4 rings (SSSR count). The van der Waals surface area contributed by atoms with Crippen molar-refractivity contribution in [1.29, 1.82) is 0 Å². The number of amides is 1. The van der Waals surface area contributed by atoms with Crippen molar-refractivity contribution in [1.82, 2.24) is 14.7 Å². The van der Waals surface area contributed by atoms with E-state index in [4.69, 9.17) is 0 Å². The number of halogens is 1. The zero-order valence-electron chi connectivity index (χ0n) is 16.4. The van der Waals surface area contributed by atoms with Gasteiger partial charge < -0.3 is 9.80 Å². The maximum absolute atomic E-state index is 12.6. The van der Waals surface area contributed by atoms with Gasteiger partial charge in [-0.3, -0.25) is 9.69 Å². The van der Waals surface area contributed by atoms with Gasteiger partial charge in [0.25, 0.3) is 5.91 Å². The molecule has 1 aromatic carbocycles. The third-order valence-corrected chi connectivity index (χ3v) is 6.59. The van der Waals surface area contributed by atoms with Crippen molar-refractivity contribution in [3.05, 3.63) is 35.4 Å². The molecule has 2 fully saturated rings. The molecule has 4 nitrogen and oxygen atoms in total. The molecule has 0 unspecified atom stereocenters. The maximum atomic E-state index is 12.6. The van der Waals surface area contributed by atoms with Gasteiger partial charge in [-0.05, 0) is 43.9 Å². The summed E-state index contributed by atoms with van der Waals surface area (Å²) in [5, 5.41) is 0. The normalized spacial score (nSPS) is 22.4. The Morgan fingerprint density at radius 1 is 0.889 bits per heavy atom. The van der Waals surface area contributed by atoms with Gasteiger partial charge in [-0.2, -0.15) is 0 Å². The SMILES string of the molecule is Cl.O=C1c2ccccc2CCN1CCCN1CCN(C2CCCCC2)CC1. The average molecular weight is 392 g/mol. The van der Waals surface area contributed by atoms with Gasteiger partial charge in [-0.25, -0.2) is 0 Å². The lowest BCUT2D eigenvalue weighted by Gasteiger charge is -2.41. The number of carbonyl (C=O) groups excluding carboxylic acids is 1. The summed E-state index contributed by atoms with van der Waals surface area (Å²) in [5.41, 5.74) is 2.13. The Kier molecular flexibility index (Phi) is 7.57. The van der Waals surface area contributed by atoms with E-state index in [9.17, 15) is 4.79 Å². The van der Waals surface area contributed by atoms with Crippen LogP contribution in [0.15, 0.2) is 24.3 Å². The minimum Gasteiger partial charge on any atom is -0.338 e. The molecule has 1 saturated carbocycles. The lowest BCUT2D eigenvalue weighted by Crippen LogP contribution is -2.51. The van der Waals surface area contributed by atoms with Crippen molar-refractivity contribution >= 4 is 18.3 Å². The molecule has 5 heteroatoms. The van der Waals surface area contributed by atoms with Crippen molar-refractivity contribution < 1.29 is 4.79 Å². The molecule has 0 N–H and O–H groups in total. The topological polar surface area (TPSA) is 26.8 Å². The van der Waals surface area contributed by atoms with E-state index in [1.54, 1.807) is 0 Å². The van der Waals surface area contributed by atoms with Crippen LogP contribution in [-0.4, -0.2) is 72.5 Å². The monoisotopic (exact) mass is 391 g/mol. The second kappa shape index (κ2) is 9.90. The number of piperazine rings is 1. The second-order valence-corrected chi connectivity index (χ2v) is 8.22. The lowest BCUT2D eigenvalue weighted by atomic mass is 9.94. The molecule has 2 aliphatic heterocycles. The largest absolute Gasteiger partial charge is 0.338 e. The molecule has 3 aliphatic rings. The maximum Gasteiger partial charge on any atom is 0.254 e. The molecule has 0 bridgehead atoms. The summed E-state index contributed by atoms with van der Waals surface area (Å²) in [4.78, 5) is 20.0. The van der Waals surface area contributed by atoms with E-state index in [2.05, 4.69) is 20.8 Å². The van der Waals surface area contributed by atoms with E-state index in [1.165, 1.54) is 63.8 Å². The van der Waals surface area contributed by atoms with Gasteiger partial charge in [0.1, 0.15) is 0 Å². The predicted octanol–water partition coefficient (Wildman–Crippen LogP) is 3.45. The van der Waals surface area contributed by atoms with E-state index in [-0.39, 0.29) is 18.3 Å². The van der Waals surface area contributed by atoms with E-state index in [1.807, 2.05) is 18.2 Å². The fourth-order valence-corrected chi connectivity index (χ4v) is 4.97. The first-order valence-corrected chi connectivity index (χ1v) is 10.6. The first-order valence-electron chi connectivity index (χ1n) is 10.6. The minimum atomic E-state index is 0. The molecule has 1 aliphatic carbocycles. The van der Waals surface area contributed by atoms with Crippen molar-refractivity contribution in [3.8, 4) is 0 Å². The molecule has 0 atom stereocenters. The van der Waals surface area contributed by atoms with Crippen LogP contribution in [0, 0.1) is 0 Å². The minimum absolute atomic E-state index is 0. The van der Waals surface area contributed by atoms with Crippen molar-refractivity contribution in [2.75, 3.05) is 45.8 Å². The van der Waals surface area contributed by atoms with E-state index in [0.717, 1.165) is 44.1 Å². The van der Waals surface area contributed by atoms with Gasteiger partial charge in [0.2, 0.25) is 0 Å². The highest BCUT2D eigenvalue weighted by molar-refractivity contribution is 5.96. The molecular formula is C22H34ClN3O. The quantitative estimate of drug-likeness (QED) is 0.769. The number of nitrogens with zero attached hydrogens (tertiary/aromatic N) is 3. The molecule has 2 heterocycles. The Morgan fingerprint density at radius 3 is 2.41 bits per heavy atom. The lowest BCUT2D eigenvalue weighted by molar-refractivity contribution is 0.0680. The van der Waals surface area contributed by atoms with Gasteiger partial charge in [0.05, 0.1) is 0 Å². The van der Waals surface area contributed by atoms with Crippen LogP contribution in [0.2, 0.25) is 0 Å². The number of benzene rings is 1. The summed E-state index contributed by atoms with van der Waals surface area (Å²) in [5.74, 6) is 0.231. The van der Waals surface area contributed by atoms with Crippen LogP contribution in [0.3, 0.4) is 0 Å². The Balaban J connectivity index is 0.00000210. The highest BCUT2D eigenvalue weighted by atomic mass is 35.5. The standard InChI is InChI=1S/C22H33N3O.ClH/c26-22-21-10-5-4-7-19(21)11-14-25(22)13-6-12-23-15-17-24(18-16-23)20-8-2-1-3-9-20;/h4-5,7,10,20H,1-3,6,8-9,11-18H2;1H. The molecule has 150 valence electrons. The molecular weight excluding hydrogens is 358 g/mol. The molecule has 0 aromatic heterocycles. The molecule has 27 heavy (non-hydrogen) atoms. The van der Waals surface area contributed by atoms with Crippen molar-refractivity contribution in [2.24, 2.45) is 0 Å². The van der Waals surface area contributed by atoms with Crippen LogP contribution in [0.1, 0.15) is 54.4 Å². The Bertz CT molecular complexity index is 609. The van der Waals surface area contributed by atoms with Gasteiger partial charge in [0, 0.05) is 50.9 Å². The number of rotatable bonds is 5. The van der Waals surface area contributed by atoms with Crippen molar-refractivity contribution in [2.45, 2.75) is 51.0 Å². The smallest absolute Gasteiger partial charge is 0.254 e. The van der Waals surface area contributed by atoms with E-state index < -0.39 is 0 Å². The number of hydrogen-bond donors (Lipinski definition) is 0. The molecule has 0 radical (unpaired) electrons. The summed E-state index contributed by atoms with van der Waals surface area (Å²) in [6.07, 6.45) is 9.22. The highest BCUT2D eigenvalue weighted by Gasteiger charge is 2.26. The third kappa shape index (κ3) is 5.04. The zero-order chi connectivity index (χ0) is 17.8.